The zero-order valence-corrected chi connectivity index (χ0v) is 25.1. The van der Waals surface area contributed by atoms with E-state index in [1.165, 1.54) is 6.92 Å². The van der Waals surface area contributed by atoms with Crippen LogP contribution in [0.4, 0.5) is 26.3 Å². The SMILES string of the molecule is COc1ccc2c3c1O[C@H]1C(OC(=O)C(C)OC(=O)CCN)=CC[C@@]4(O)[C@@H](C2)N(C)CC[C@]314.O=C(O)C(F)(F)F.O=C(O)C(F)(F)F. The van der Waals surface area contributed by atoms with E-state index in [-0.39, 0.29) is 19.0 Å². The number of ether oxygens (including phenoxy) is 4. The Morgan fingerprint density at radius 1 is 1.11 bits per heavy atom. The molecule has 0 radical (unpaired) electrons. The van der Waals surface area contributed by atoms with Crippen molar-refractivity contribution in [2.45, 2.75) is 74.2 Å². The molecule has 2 bridgehead atoms. The second-order valence-electron chi connectivity index (χ2n) is 11.0. The number of carboxylic acids is 2. The molecule has 2 aliphatic carbocycles. The Morgan fingerprint density at radius 3 is 2.19 bits per heavy atom. The quantitative estimate of drug-likeness (QED) is 0.251. The Morgan fingerprint density at radius 2 is 1.68 bits per heavy atom. The number of rotatable bonds is 6. The van der Waals surface area contributed by atoms with Gasteiger partial charge in [0.1, 0.15) is 5.76 Å². The summed E-state index contributed by atoms with van der Waals surface area (Å²) < 4.78 is 86.4. The molecule has 4 aliphatic rings. The number of carbonyl (C=O) groups excluding carboxylic acids is 2. The van der Waals surface area contributed by atoms with Crippen molar-refractivity contribution >= 4 is 23.9 Å². The van der Waals surface area contributed by atoms with Crippen LogP contribution in [0.2, 0.25) is 0 Å². The Balaban J connectivity index is 0.000000360. The predicted molar refractivity (Wildman–Crippen MR) is 144 cm³/mol. The Hall–Kier alpha value is -4.10. The molecule has 47 heavy (non-hydrogen) atoms. The van der Waals surface area contributed by atoms with Crippen molar-refractivity contribution in [3.63, 3.8) is 0 Å². The number of nitrogens with two attached hydrogens (primary N) is 1. The van der Waals surface area contributed by atoms with Crippen molar-refractivity contribution in [1.29, 1.82) is 0 Å². The molecule has 5 atom stereocenters. The highest BCUT2D eigenvalue weighted by Gasteiger charge is 2.72. The molecule has 0 aromatic heterocycles. The molecule has 5 N–H and O–H groups in total. The first-order valence-electron chi connectivity index (χ1n) is 13.9. The van der Waals surface area contributed by atoms with Crippen LogP contribution in [-0.2, 0) is 40.5 Å². The molecule has 1 fully saturated rings. The second kappa shape index (κ2) is 13.6. The number of piperidine rings is 1. The van der Waals surface area contributed by atoms with E-state index in [4.69, 9.17) is 44.5 Å². The third-order valence-corrected chi connectivity index (χ3v) is 8.25. The average Bonchev–Trinajstić information content (AvgIpc) is 3.32. The monoisotopic (exact) mass is 686 g/mol. The van der Waals surface area contributed by atoms with E-state index in [0.717, 1.165) is 17.7 Å². The predicted octanol–water partition coefficient (Wildman–Crippen LogP) is 2.06. The first-order chi connectivity index (χ1) is 21.6. The molecule has 1 aromatic rings. The van der Waals surface area contributed by atoms with Gasteiger partial charge in [0.25, 0.3) is 0 Å². The van der Waals surface area contributed by atoms with Gasteiger partial charge in [0.2, 0.25) is 0 Å². The van der Waals surface area contributed by atoms with Gasteiger partial charge in [0, 0.05) is 24.6 Å². The van der Waals surface area contributed by atoms with Crippen molar-refractivity contribution in [3.05, 3.63) is 35.1 Å². The number of likely N-dealkylation sites (tertiary alicyclic amines) is 1. The number of halogens is 6. The number of aliphatic carboxylic acids is 2. The van der Waals surface area contributed by atoms with E-state index in [9.17, 15) is 41.0 Å². The summed E-state index contributed by atoms with van der Waals surface area (Å²) in [4.78, 5) is 44.5. The molecule has 1 aromatic carbocycles. The van der Waals surface area contributed by atoms with Crippen LogP contribution < -0.4 is 15.2 Å². The third kappa shape index (κ3) is 7.10. The van der Waals surface area contributed by atoms with Gasteiger partial charge in [-0.05, 0) is 51.1 Å². The van der Waals surface area contributed by atoms with Crippen molar-refractivity contribution in [2.75, 3.05) is 27.2 Å². The normalized spacial score (nSPS) is 26.0. The van der Waals surface area contributed by atoms with Crippen molar-refractivity contribution in [2.24, 2.45) is 5.73 Å². The standard InChI is InChI=1S/C24H30N2O7.2C2HF3O2/c1-13(31-18(27)7-10-25)22(28)32-16-6-8-24(29)17-12-14-4-5-15(30-3)20-19(14)23(24,21(16)33-20)9-11-26(17)2;2*3-2(4,5)1(6)7/h4-6,13,17,21,29H,7-12,25H2,1-3H3;2*(H,6,7)/t13?,17-,21+,23+,24-;;/m1../s1. The van der Waals surface area contributed by atoms with E-state index >= 15 is 0 Å². The Bertz CT molecular complexity index is 1410. The van der Waals surface area contributed by atoms with Crippen molar-refractivity contribution < 1.29 is 79.8 Å². The summed E-state index contributed by atoms with van der Waals surface area (Å²) >= 11 is 0. The molecule has 1 saturated heterocycles. The summed E-state index contributed by atoms with van der Waals surface area (Å²) in [7, 11) is 3.62. The second-order valence-corrected chi connectivity index (χ2v) is 11.0. The lowest BCUT2D eigenvalue weighted by Crippen LogP contribution is -2.74. The van der Waals surface area contributed by atoms with Gasteiger partial charge in [-0.15, -0.1) is 0 Å². The van der Waals surface area contributed by atoms with E-state index in [2.05, 4.69) is 4.90 Å². The van der Waals surface area contributed by atoms with Crippen LogP contribution in [-0.4, -0.2) is 108 Å². The average molecular weight is 687 g/mol. The number of esters is 2. The van der Waals surface area contributed by atoms with E-state index in [1.54, 1.807) is 13.2 Å². The maximum atomic E-state index is 12.8. The topological polar surface area (TPSA) is 195 Å². The minimum Gasteiger partial charge on any atom is -0.493 e. The zero-order chi connectivity index (χ0) is 35.7. The van der Waals surface area contributed by atoms with Crippen LogP contribution >= 0.6 is 0 Å². The summed E-state index contributed by atoms with van der Waals surface area (Å²) in [5.41, 5.74) is 5.61. The van der Waals surface area contributed by atoms with Gasteiger partial charge in [-0.25, -0.2) is 14.4 Å². The molecule has 1 spiro atoms. The molecule has 262 valence electrons. The number of aliphatic hydroxyl groups is 1. The summed E-state index contributed by atoms with van der Waals surface area (Å²) in [6, 6.07) is 3.84. The number of nitrogens with zero attached hydrogens (tertiary/aromatic N) is 1. The minimum atomic E-state index is -5.08. The molecule has 19 heteroatoms. The number of hydrogen-bond donors (Lipinski definition) is 4. The summed E-state index contributed by atoms with van der Waals surface area (Å²) in [6.07, 6.45) is -8.51. The van der Waals surface area contributed by atoms with Gasteiger partial charge in [-0.2, -0.15) is 26.3 Å². The van der Waals surface area contributed by atoms with Crippen LogP contribution in [0.25, 0.3) is 0 Å². The van der Waals surface area contributed by atoms with Crippen LogP contribution in [0.5, 0.6) is 11.5 Å². The number of hydrogen-bond acceptors (Lipinski definition) is 11. The van der Waals surface area contributed by atoms with Gasteiger partial charge in [-0.1, -0.05) is 6.07 Å². The number of methoxy groups -OCH3 is 1. The highest BCUT2D eigenvalue weighted by molar-refractivity contribution is 5.80. The first kappa shape index (κ1) is 37.4. The molecule has 0 amide bonds. The van der Waals surface area contributed by atoms with Crippen LogP contribution in [0, 0.1) is 0 Å². The van der Waals surface area contributed by atoms with E-state index in [0.29, 0.717) is 36.5 Å². The number of carbonyl (C=O) groups is 4. The zero-order valence-electron chi connectivity index (χ0n) is 25.1. The lowest BCUT2D eigenvalue weighted by molar-refractivity contribution is -0.193. The maximum Gasteiger partial charge on any atom is 0.490 e. The fourth-order valence-corrected chi connectivity index (χ4v) is 6.21. The lowest BCUT2D eigenvalue weighted by atomic mass is 9.50. The molecule has 0 saturated carbocycles. The highest BCUT2D eigenvalue weighted by Crippen LogP contribution is 2.65. The van der Waals surface area contributed by atoms with Crippen LogP contribution in [0.1, 0.15) is 37.3 Å². The molecular formula is C28H32F6N2O11. The van der Waals surface area contributed by atoms with Crippen LogP contribution in [0.15, 0.2) is 24.0 Å². The molecule has 2 heterocycles. The van der Waals surface area contributed by atoms with Gasteiger partial charge in [0.05, 0.1) is 24.5 Å². The molecule has 13 nitrogen and oxygen atoms in total. The molecule has 1 unspecified atom stereocenters. The number of likely N-dealkylation sites (N-methyl/N-ethyl adjacent to an activating group) is 1. The smallest absolute Gasteiger partial charge is 0.490 e. The van der Waals surface area contributed by atoms with Crippen LogP contribution in [0.3, 0.4) is 0 Å². The van der Waals surface area contributed by atoms with Gasteiger partial charge >= 0.3 is 36.2 Å². The van der Waals surface area contributed by atoms with E-state index < -0.39 is 59.5 Å². The van der Waals surface area contributed by atoms with Gasteiger partial charge in [0.15, 0.2) is 23.7 Å². The summed E-state index contributed by atoms with van der Waals surface area (Å²) in [6.45, 7) is 2.38. The maximum absolute atomic E-state index is 12.8. The van der Waals surface area contributed by atoms with Gasteiger partial charge in [-0.3, -0.25) is 4.79 Å². The van der Waals surface area contributed by atoms with Crippen molar-refractivity contribution in [3.8, 4) is 11.5 Å². The highest BCUT2D eigenvalue weighted by atomic mass is 19.4. The fraction of sp³-hybridized carbons (Fsp3) is 0.571. The minimum absolute atomic E-state index is 0.0228. The van der Waals surface area contributed by atoms with Crippen molar-refractivity contribution in [1.82, 2.24) is 4.90 Å². The Labute approximate surface area is 262 Å². The fourth-order valence-electron chi connectivity index (χ4n) is 6.21. The third-order valence-electron chi connectivity index (χ3n) is 8.25. The van der Waals surface area contributed by atoms with E-state index in [1.807, 2.05) is 19.2 Å². The number of benzene rings is 1. The summed E-state index contributed by atoms with van der Waals surface area (Å²) in [5.74, 6) is -5.24. The molecular weight excluding hydrogens is 654 g/mol. The number of carboxylic acid groups (broad SMARTS) is 2. The number of alkyl halides is 6. The lowest BCUT2D eigenvalue weighted by Gasteiger charge is -2.61. The van der Waals surface area contributed by atoms with Gasteiger partial charge < -0.3 is 44.9 Å². The molecule has 5 rings (SSSR count). The molecule has 2 aliphatic heterocycles. The Kier molecular flexibility index (Phi) is 10.8. The summed E-state index contributed by atoms with van der Waals surface area (Å²) in [5, 5.41) is 26.4. The largest absolute Gasteiger partial charge is 0.493 e. The first-order valence-corrected chi connectivity index (χ1v) is 13.9.